The Morgan fingerprint density at radius 3 is 2.59 bits per heavy atom. The summed E-state index contributed by atoms with van der Waals surface area (Å²) in [5.74, 6) is -1.12. The third-order valence-electron chi connectivity index (χ3n) is 2.78. The van der Waals surface area contributed by atoms with Gasteiger partial charge in [0, 0.05) is 24.8 Å². The van der Waals surface area contributed by atoms with E-state index in [1.165, 1.54) is 13.0 Å². The minimum Gasteiger partial charge on any atom is -0.477 e. The minimum absolute atomic E-state index is 0.116. The Morgan fingerprint density at radius 1 is 1.47 bits per heavy atom. The maximum Gasteiger partial charge on any atom is 0.352 e. The van der Waals surface area contributed by atoms with Crippen LogP contribution in [0.25, 0.3) is 0 Å². The molecule has 1 N–H and O–H groups in total. The Balaban J connectivity index is 2.89. The summed E-state index contributed by atoms with van der Waals surface area (Å²) < 4.78 is 1.62. The van der Waals surface area contributed by atoms with Gasteiger partial charge in [-0.05, 0) is 26.6 Å². The van der Waals surface area contributed by atoms with Crippen molar-refractivity contribution in [2.45, 2.75) is 20.4 Å². The van der Waals surface area contributed by atoms with E-state index in [0.29, 0.717) is 12.1 Å². The molecule has 0 amide bonds. The van der Waals surface area contributed by atoms with Crippen molar-refractivity contribution in [3.8, 4) is 0 Å². The topological polar surface area (TPSA) is 62.5 Å². The Labute approximate surface area is 101 Å². The monoisotopic (exact) mass is 238 g/mol. The number of likely N-dealkylation sites (N-methyl/N-ethyl adjacent to an activating group) is 1. The van der Waals surface area contributed by atoms with E-state index in [2.05, 4.69) is 4.90 Å². The number of hydrogen-bond donors (Lipinski definition) is 1. The molecule has 1 aromatic heterocycles. The number of carbonyl (C=O) groups is 2. The summed E-state index contributed by atoms with van der Waals surface area (Å²) in [6.45, 7) is 5.70. The van der Waals surface area contributed by atoms with Gasteiger partial charge in [0.2, 0.25) is 0 Å². The molecule has 0 radical (unpaired) electrons. The Hall–Kier alpha value is -1.62. The molecule has 0 saturated heterocycles. The number of carbonyl (C=O) groups excluding carboxylic acids is 1. The molecule has 1 heterocycles. The van der Waals surface area contributed by atoms with Gasteiger partial charge in [0.15, 0.2) is 5.78 Å². The second-order valence-electron chi connectivity index (χ2n) is 4.06. The molecule has 0 spiro atoms. The van der Waals surface area contributed by atoms with E-state index in [1.807, 2.05) is 14.0 Å². The lowest BCUT2D eigenvalue weighted by atomic mass is 10.2. The summed E-state index contributed by atoms with van der Waals surface area (Å²) in [4.78, 5) is 24.3. The van der Waals surface area contributed by atoms with Crippen molar-refractivity contribution in [2.75, 3.05) is 20.1 Å². The zero-order chi connectivity index (χ0) is 13.0. The number of aromatic carboxylic acids is 1. The molecule has 1 aromatic rings. The second-order valence-corrected chi connectivity index (χ2v) is 4.06. The van der Waals surface area contributed by atoms with Crippen LogP contribution in [0.5, 0.6) is 0 Å². The van der Waals surface area contributed by atoms with Crippen molar-refractivity contribution in [1.29, 1.82) is 0 Å². The van der Waals surface area contributed by atoms with Crippen molar-refractivity contribution in [3.05, 3.63) is 23.5 Å². The van der Waals surface area contributed by atoms with Crippen LogP contribution < -0.4 is 0 Å². The maximum absolute atomic E-state index is 11.2. The number of carboxylic acid groups (broad SMARTS) is 1. The lowest BCUT2D eigenvalue weighted by Crippen LogP contribution is -2.23. The largest absolute Gasteiger partial charge is 0.477 e. The van der Waals surface area contributed by atoms with E-state index >= 15 is 0 Å². The first kappa shape index (κ1) is 13.4. The van der Waals surface area contributed by atoms with Gasteiger partial charge in [-0.3, -0.25) is 4.79 Å². The molecule has 5 heteroatoms. The molecule has 0 aliphatic carbocycles. The van der Waals surface area contributed by atoms with E-state index < -0.39 is 5.97 Å². The smallest absolute Gasteiger partial charge is 0.352 e. The number of hydrogen-bond acceptors (Lipinski definition) is 3. The molecule has 0 unspecified atom stereocenters. The molecular weight excluding hydrogens is 220 g/mol. The summed E-state index contributed by atoms with van der Waals surface area (Å²) >= 11 is 0. The normalized spacial score (nSPS) is 10.8. The molecule has 0 aromatic carbocycles. The molecule has 0 aliphatic heterocycles. The fraction of sp³-hybridized carbons (Fsp3) is 0.500. The molecule has 17 heavy (non-hydrogen) atoms. The van der Waals surface area contributed by atoms with E-state index in [-0.39, 0.29) is 11.5 Å². The first-order valence-corrected chi connectivity index (χ1v) is 5.58. The molecule has 1 rings (SSSR count). The van der Waals surface area contributed by atoms with E-state index in [9.17, 15) is 9.59 Å². The lowest BCUT2D eigenvalue weighted by Gasteiger charge is -2.14. The summed E-state index contributed by atoms with van der Waals surface area (Å²) in [6.07, 6.45) is 1.61. The van der Waals surface area contributed by atoms with Crippen LogP contribution in [0.1, 0.15) is 34.7 Å². The van der Waals surface area contributed by atoms with Crippen molar-refractivity contribution in [2.24, 2.45) is 0 Å². The zero-order valence-corrected chi connectivity index (χ0v) is 10.4. The van der Waals surface area contributed by atoms with Crippen LogP contribution in [0.2, 0.25) is 0 Å². The summed E-state index contributed by atoms with van der Waals surface area (Å²) in [7, 11) is 1.97. The standard InChI is InChI=1S/C12H18N2O3/c1-4-13(3)5-6-14-8-10(9(2)15)7-11(14)12(16)17/h7-8H,4-6H2,1-3H3,(H,16,17). The van der Waals surface area contributed by atoms with Crippen LogP contribution >= 0.6 is 0 Å². The molecule has 0 saturated carbocycles. The Kier molecular flexibility index (Phi) is 4.45. The van der Waals surface area contributed by atoms with Crippen molar-refractivity contribution in [3.63, 3.8) is 0 Å². The number of aromatic nitrogens is 1. The first-order chi connectivity index (χ1) is 7.95. The number of nitrogens with zero attached hydrogens (tertiary/aromatic N) is 2. The summed E-state index contributed by atoms with van der Waals surface area (Å²) in [6, 6.07) is 1.43. The number of Topliss-reactive ketones (excluding diaryl/α,β-unsaturated/α-hetero) is 1. The van der Waals surface area contributed by atoms with Gasteiger partial charge in [-0.2, -0.15) is 0 Å². The highest BCUT2D eigenvalue weighted by Crippen LogP contribution is 2.10. The zero-order valence-electron chi connectivity index (χ0n) is 10.4. The molecule has 5 nitrogen and oxygen atoms in total. The van der Waals surface area contributed by atoms with Crippen LogP contribution in [0.3, 0.4) is 0 Å². The van der Waals surface area contributed by atoms with Gasteiger partial charge in [-0.1, -0.05) is 6.92 Å². The van der Waals surface area contributed by atoms with Crippen LogP contribution in [0, 0.1) is 0 Å². The van der Waals surface area contributed by atoms with Gasteiger partial charge in [0.1, 0.15) is 5.69 Å². The number of carboxylic acids is 1. The van der Waals surface area contributed by atoms with Crippen LogP contribution in [0.4, 0.5) is 0 Å². The van der Waals surface area contributed by atoms with E-state index in [0.717, 1.165) is 13.1 Å². The molecule has 94 valence electrons. The Morgan fingerprint density at radius 2 is 2.12 bits per heavy atom. The molecule has 0 aliphatic rings. The predicted octanol–water partition coefficient (Wildman–Crippen LogP) is 1.34. The third kappa shape index (κ3) is 3.42. The number of ketones is 1. The molecule has 0 fully saturated rings. The van der Waals surface area contributed by atoms with Crippen LogP contribution in [-0.4, -0.2) is 46.5 Å². The van der Waals surface area contributed by atoms with Crippen molar-refractivity contribution in [1.82, 2.24) is 9.47 Å². The fourth-order valence-corrected chi connectivity index (χ4v) is 1.50. The van der Waals surface area contributed by atoms with Crippen molar-refractivity contribution < 1.29 is 14.7 Å². The highest BCUT2D eigenvalue weighted by atomic mass is 16.4. The fourth-order valence-electron chi connectivity index (χ4n) is 1.50. The number of rotatable bonds is 6. The third-order valence-corrected chi connectivity index (χ3v) is 2.78. The van der Waals surface area contributed by atoms with Gasteiger partial charge in [-0.15, -0.1) is 0 Å². The van der Waals surface area contributed by atoms with Gasteiger partial charge in [0.05, 0.1) is 0 Å². The Bertz CT molecular complexity index is 423. The summed E-state index contributed by atoms with van der Waals surface area (Å²) in [5, 5.41) is 9.04. The van der Waals surface area contributed by atoms with Crippen LogP contribution in [0.15, 0.2) is 12.3 Å². The molecule has 0 atom stereocenters. The maximum atomic E-state index is 11.2. The van der Waals surface area contributed by atoms with Crippen LogP contribution in [-0.2, 0) is 6.54 Å². The molecular formula is C12H18N2O3. The van der Waals surface area contributed by atoms with E-state index in [4.69, 9.17) is 5.11 Å². The SMILES string of the molecule is CCN(C)CCn1cc(C(C)=O)cc1C(=O)O. The van der Waals surface area contributed by atoms with Gasteiger partial charge >= 0.3 is 5.97 Å². The highest BCUT2D eigenvalue weighted by molar-refractivity contribution is 5.97. The average molecular weight is 238 g/mol. The lowest BCUT2D eigenvalue weighted by molar-refractivity contribution is 0.0684. The summed E-state index contributed by atoms with van der Waals surface area (Å²) in [5.41, 5.74) is 0.612. The van der Waals surface area contributed by atoms with Gasteiger partial charge in [-0.25, -0.2) is 4.79 Å². The second kappa shape index (κ2) is 5.63. The predicted molar refractivity (Wildman–Crippen MR) is 64.6 cm³/mol. The van der Waals surface area contributed by atoms with Crippen molar-refractivity contribution >= 4 is 11.8 Å². The minimum atomic E-state index is -1.00. The van der Waals surface area contributed by atoms with Gasteiger partial charge in [0.25, 0.3) is 0 Å². The first-order valence-electron chi connectivity index (χ1n) is 5.58. The quantitative estimate of drug-likeness (QED) is 0.760. The van der Waals surface area contributed by atoms with Gasteiger partial charge < -0.3 is 14.6 Å². The average Bonchev–Trinajstić information content (AvgIpc) is 2.70. The molecule has 0 bridgehead atoms. The highest BCUT2D eigenvalue weighted by Gasteiger charge is 2.14. The van der Waals surface area contributed by atoms with E-state index in [1.54, 1.807) is 10.8 Å².